The van der Waals surface area contributed by atoms with Crippen LogP contribution in [0.2, 0.25) is 5.02 Å². The molecular weight excluding hydrogens is 397 g/mol. The van der Waals surface area contributed by atoms with Gasteiger partial charge in [0.05, 0.1) is 10.6 Å². The summed E-state index contributed by atoms with van der Waals surface area (Å²) in [6.45, 7) is 0.157. The van der Waals surface area contributed by atoms with Gasteiger partial charge >= 0.3 is 0 Å². The van der Waals surface area contributed by atoms with Crippen molar-refractivity contribution in [3.8, 4) is 0 Å². The lowest BCUT2D eigenvalue weighted by Crippen LogP contribution is -2.23. The van der Waals surface area contributed by atoms with E-state index >= 15 is 0 Å². The minimum absolute atomic E-state index is 0.0160. The number of H-pyrrole nitrogens is 1. The molecule has 2 aromatic carbocycles. The number of carbonyl (C=O) groups is 2. The molecule has 6 nitrogen and oxygen atoms in total. The first-order valence-corrected chi connectivity index (χ1v) is 8.25. The zero-order valence-corrected chi connectivity index (χ0v) is 14.8. The van der Waals surface area contributed by atoms with Crippen LogP contribution in [0.3, 0.4) is 0 Å². The highest BCUT2D eigenvalue weighted by molar-refractivity contribution is 6.34. The molecule has 0 radical (unpaired) electrons. The van der Waals surface area contributed by atoms with E-state index in [1.807, 2.05) is 0 Å². The number of anilines is 1. The highest BCUT2D eigenvalue weighted by Crippen LogP contribution is 2.21. The van der Waals surface area contributed by atoms with Gasteiger partial charge in [-0.2, -0.15) is 5.10 Å². The molecule has 3 N–H and O–H groups in total. The van der Waals surface area contributed by atoms with Gasteiger partial charge in [0.2, 0.25) is 0 Å². The number of benzene rings is 2. The Hall–Kier alpha value is -3.33. The monoisotopic (exact) mass is 408 g/mol. The third-order valence-corrected chi connectivity index (χ3v) is 4.00. The molecule has 0 aliphatic rings. The Balaban J connectivity index is 1.63. The molecule has 0 bridgehead atoms. The van der Waals surface area contributed by atoms with E-state index in [4.69, 9.17) is 11.6 Å². The molecule has 144 valence electrons. The van der Waals surface area contributed by atoms with E-state index in [-0.39, 0.29) is 34.5 Å². The van der Waals surface area contributed by atoms with E-state index in [0.29, 0.717) is 17.7 Å². The number of hydrogen-bond donors (Lipinski definition) is 3. The zero-order chi connectivity index (χ0) is 20.3. The van der Waals surface area contributed by atoms with Crippen LogP contribution >= 0.6 is 11.6 Å². The van der Waals surface area contributed by atoms with Crippen molar-refractivity contribution in [3.05, 3.63) is 81.8 Å². The Labute approximate surface area is 161 Å². The zero-order valence-electron chi connectivity index (χ0n) is 14.0. The third kappa shape index (κ3) is 4.49. The third-order valence-electron chi connectivity index (χ3n) is 3.69. The number of nitrogens with zero attached hydrogens (tertiary/aromatic N) is 1. The molecule has 0 aliphatic heterocycles. The van der Waals surface area contributed by atoms with E-state index in [0.717, 1.165) is 0 Å². The number of halogens is 4. The van der Waals surface area contributed by atoms with Crippen LogP contribution in [-0.4, -0.2) is 22.0 Å². The Morgan fingerprint density at radius 3 is 2.39 bits per heavy atom. The van der Waals surface area contributed by atoms with Crippen molar-refractivity contribution in [2.75, 3.05) is 5.32 Å². The van der Waals surface area contributed by atoms with Crippen LogP contribution in [0, 0.1) is 17.5 Å². The van der Waals surface area contributed by atoms with Gasteiger partial charge in [-0.25, -0.2) is 13.2 Å². The lowest BCUT2D eigenvalue weighted by Gasteiger charge is -2.05. The number of aromatic nitrogens is 2. The summed E-state index contributed by atoms with van der Waals surface area (Å²) >= 11 is 5.74. The number of hydrogen-bond acceptors (Lipinski definition) is 3. The number of rotatable bonds is 5. The molecule has 0 saturated heterocycles. The molecule has 1 heterocycles. The van der Waals surface area contributed by atoms with Crippen LogP contribution in [-0.2, 0) is 6.54 Å². The van der Waals surface area contributed by atoms with Crippen LogP contribution in [0.1, 0.15) is 26.4 Å². The van der Waals surface area contributed by atoms with Crippen LogP contribution in [0.5, 0.6) is 0 Å². The van der Waals surface area contributed by atoms with E-state index in [1.54, 1.807) is 0 Å². The topological polar surface area (TPSA) is 86.9 Å². The van der Waals surface area contributed by atoms with Crippen molar-refractivity contribution in [2.24, 2.45) is 0 Å². The Bertz CT molecular complexity index is 1040. The molecule has 0 saturated carbocycles. The molecule has 0 aliphatic carbocycles. The van der Waals surface area contributed by atoms with Gasteiger partial charge in [-0.1, -0.05) is 23.7 Å². The molecule has 2 amide bonds. The summed E-state index contributed by atoms with van der Waals surface area (Å²) in [4.78, 5) is 24.3. The summed E-state index contributed by atoms with van der Waals surface area (Å²) < 4.78 is 39.3. The summed E-state index contributed by atoms with van der Waals surface area (Å²) in [5.41, 5.74) is 0.454. The maximum atomic E-state index is 13.3. The Morgan fingerprint density at radius 2 is 1.68 bits per heavy atom. The normalized spacial score (nSPS) is 10.6. The number of aromatic amines is 1. The molecule has 1 aromatic heterocycles. The molecule has 0 fully saturated rings. The number of amides is 2. The van der Waals surface area contributed by atoms with Gasteiger partial charge in [-0.15, -0.1) is 0 Å². The van der Waals surface area contributed by atoms with Crippen molar-refractivity contribution in [2.45, 2.75) is 6.54 Å². The summed E-state index contributed by atoms with van der Waals surface area (Å²) in [7, 11) is 0. The number of carbonyl (C=O) groups excluding carboxylic acids is 2. The first kappa shape index (κ1) is 19.4. The van der Waals surface area contributed by atoms with Crippen LogP contribution in [0.4, 0.5) is 19.0 Å². The van der Waals surface area contributed by atoms with E-state index < -0.39 is 23.4 Å². The summed E-state index contributed by atoms with van der Waals surface area (Å²) in [6.07, 6.45) is 0. The molecular formula is C18H12ClF3N4O2. The van der Waals surface area contributed by atoms with E-state index in [1.165, 1.54) is 30.3 Å². The van der Waals surface area contributed by atoms with Gasteiger partial charge in [-0.05, 0) is 29.8 Å². The molecule has 0 spiro atoms. The fourth-order valence-electron chi connectivity index (χ4n) is 2.26. The molecule has 0 unspecified atom stereocenters. The van der Waals surface area contributed by atoms with E-state index in [9.17, 15) is 22.8 Å². The molecule has 10 heteroatoms. The minimum Gasteiger partial charge on any atom is -0.347 e. The van der Waals surface area contributed by atoms with Gasteiger partial charge in [0.15, 0.2) is 17.5 Å². The summed E-state index contributed by atoms with van der Waals surface area (Å²) in [5.74, 6) is -4.14. The second-order valence-electron chi connectivity index (χ2n) is 5.68. The van der Waals surface area contributed by atoms with Gasteiger partial charge in [0, 0.05) is 12.6 Å². The lowest BCUT2D eigenvalue weighted by molar-refractivity contribution is 0.0945. The lowest BCUT2D eigenvalue weighted by atomic mass is 10.2. The standard InChI is InChI=1S/C18H12ClF3N4O2/c19-12-6-14(22)13(21)5-11(12)17(27)24-16-7-15(25-26-16)18(28)23-8-9-1-3-10(20)4-2-9/h1-7H,8H2,(H,23,28)(H2,24,25,26,27). The first-order valence-electron chi connectivity index (χ1n) is 7.87. The smallest absolute Gasteiger partial charge is 0.269 e. The highest BCUT2D eigenvalue weighted by atomic mass is 35.5. The minimum atomic E-state index is -1.22. The SMILES string of the molecule is O=C(NCc1ccc(F)cc1)c1cc(NC(=O)c2cc(F)c(F)cc2Cl)n[nH]1. The highest BCUT2D eigenvalue weighted by Gasteiger charge is 2.17. The maximum Gasteiger partial charge on any atom is 0.269 e. The van der Waals surface area contributed by atoms with Crippen molar-refractivity contribution in [3.63, 3.8) is 0 Å². The Kier molecular flexibility index (Phi) is 5.65. The second-order valence-corrected chi connectivity index (χ2v) is 6.08. The van der Waals surface area contributed by atoms with Gasteiger partial charge in [0.25, 0.3) is 11.8 Å². The summed E-state index contributed by atoms with van der Waals surface area (Å²) in [6, 6.07) is 8.20. The van der Waals surface area contributed by atoms with Crippen molar-refractivity contribution >= 4 is 29.2 Å². The fraction of sp³-hybridized carbons (Fsp3) is 0.0556. The average Bonchev–Trinajstić information content (AvgIpc) is 3.12. The number of nitrogens with one attached hydrogen (secondary N) is 3. The molecule has 3 rings (SSSR count). The fourth-order valence-corrected chi connectivity index (χ4v) is 2.50. The van der Waals surface area contributed by atoms with Gasteiger partial charge in [0.1, 0.15) is 11.5 Å². The predicted octanol–water partition coefficient (Wildman–Crippen LogP) is 3.66. The summed E-state index contributed by atoms with van der Waals surface area (Å²) in [5, 5.41) is 10.8. The van der Waals surface area contributed by atoms with E-state index in [2.05, 4.69) is 20.8 Å². The average molecular weight is 409 g/mol. The van der Waals surface area contributed by atoms with Crippen LogP contribution in [0.15, 0.2) is 42.5 Å². The first-order chi connectivity index (χ1) is 13.3. The Morgan fingerprint density at radius 1 is 1.00 bits per heavy atom. The molecule has 3 aromatic rings. The predicted molar refractivity (Wildman–Crippen MR) is 95.5 cm³/mol. The van der Waals surface area contributed by atoms with Gasteiger partial charge in [-0.3, -0.25) is 14.7 Å². The maximum absolute atomic E-state index is 13.3. The largest absolute Gasteiger partial charge is 0.347 e. The van der Waals surface area contributed by atoms with Crippen molar-refractivity contribution in [1.29, 1.82) is 0 Å². The van der Waals surface area contributed by atoms with Crippen molar-refractivity contribution in [1.82, 2.24) is 15.5 Å². The molecule has 28 heavy (non-hydrogen) atoms. The molecule has 0 atom stereocenters. The van der Waals surface area contributed by atoms with Crippen LogP contribution < -0.4 is 10.6 Å². The van der Waals surface area contributed by atoms with Gasteiger partial charge < -0.3 is 10.6 Å². The second kappa shape index (κ2) is 8.13. The van der Waals surface area contributed by atoms with Crippen LogP contribution in [0.25, 0.3) is 0 Å². The quantitative estimate of drug-likeness (QED) is 0.563. The van der Waals surface area contributed by atoms with Crippen molar-refractivity contribution < 1.29 is 22.8 Å².